The third-order valence-electron chi connectivity index (χ3n) is 4.47. The van der Waals surface area contributed by atoms with E-state index < -0.39 is 17.9 Å². The third kappa shape index (κ3) is 4.36. The van der Waals surface area contributed by atoms with Gasteiger partial charge in [0, 0.05) is 0 Å². The Bertz CT molecular complexity index is 1190. The maximum Gasteiger partial charge on any atom is 0.333 e. The Balaban J connectivity index is 1.70. The largest absolute Gasteiger partial charge is 0.467 e. The molecule has 0 radical (unpaired) electrons. The molecule has 7 nitrogen and oxygen atoms in total. The van der Waals surface area contributed by atoms with Crippen LogP contribution < -0.4 is 5.32 Å². The lowest BCUT2D eigenvalue weighted by Crippen LogP contribution is -2.35. The van der Waals surface area contributed by atoms with Crippen LogP contribution in [0.2, 0.25) is 0 Å². The number of carbonyl (C=O) groups is 2. The summed E-state index contributed by atoms with van der Waals surface area (Å²) in [6.07, 6.45) is 0. The van der Waals surface area contributed by atoms with Gasteiger partial charge in [0.1, 0.15) is 5.82 Å². The fourth-order valence-corrected chi connectivity index (χ4v) is 3.67. The molecule has 0 saturated heterocycles. The molecular formula is C22H17FN4O3S. The third-order valence-corrected chi connectivity index (χ3v) is 5.33. The number of methoxy groups -OCH3 is 1. The van der Waals surface area contributed by atoms with E-state index in [4.69, 9.17) is 4.74 Å². The average Bonchev–Trinajstić information content (AvgIpc) is 3.48. The highest BCUT2D eigenvalue weighted by Crippen LogP contribution is 2.26. The fourth-order valence-electron chi connectivity index (χ4n) is 2.97. The maximum atomic E-state index is 13.4. The summed E-state index contributed by atoms with van der Waals surface area (Å²) in [5.41, 5.74) is 1.11. The van der Waals surface area contributed by atoms with E-state index in [-0.39, 0.29) is 11.6 Å². The zero-order valence-corrected chi connectivity index (χ0v) is 17.2. The van der Waals surface area contributed by atoms with Crippen molar-refractivity contribution in [1.29, 1.82) is 0 Å². The molecule has 1 amide bonds. The Morgan fingerprint density at radius 3 is 2.45 bits per heavy atom. The van der Waals surface area contributed by atoms with Crippen molar-refractivity contribution >= 4 is 23.2 Å². The second-order valence-electron chi connectivity index (χ2n) is 6.46. The second-order valence-corrected chi connectivity index (χ2v) is 7.41. The molecule has 31 heavy (non-hydrogen) atoms. The number of aromatic nitrogens is 3. The first-order chi connectivity index (χ1) is 15.1. The summed E-state index contributed by atoms with van der Waals surface area (Å²) >= 11 is 1.43. The van der Waals surface area contributed by atoms with Crippen molar-refractivity contribution in [3.63, 3.8) is 0 Å². The lowest BCUT2D eigenvalue weighted by Gasteiger charge is -2.15. The number of benzene rings is 2. The highest BCUT2D eigenvalue weighted by atomic mass is 32.1. The van der Waals surface area contributed by atoms with Crippen molar-refractivity contribution in [1.82, 2.24) is 20.1 Å². The predicted molar refractivity (Wildman–Crippen MR) is 113 cm³/mol. The summed E-state index contributed by atoms with van der Waals surface area (Å²) < 4.78 is 19.7. The standard InChI is InChI=1S/C22H17FN4O3S/c1-30-22(29)18(14-6-3-2-4-7-14)24-21(28)19-25-20(17-8-5-13-31-17)27(26-19)16-11-9-15(23)10-12-16/h2-13,18H,1H3,(H,24,28). The monoisotopic (exact) mass is 436 g/mol. The highest BCUT2D eigenvalue weighted by molar-refractivity contribution is 7.13. The van der Waals surface area contributed by atoms with Gasteiger partial charge in [-0.2, -0.15) is 0 Å². The van der Waals surface area contributed by atoms with Crippen LogP contribution in [0.4, 0.5) is 4.39 Å². The number of nitrogens with zero attached hydrogens (tertiary/aromatic N) is 3. The molecule has 0 aliphatic rings. The molecule has 1 unspecified atom stereocenters. The molecule has 0 aliphatic carbocycles. The molecule has 156 valence electrons. The fraction of sp³-hybridized carbons (Fsp3) is 0.0909. The molecule has 1 N–H and O–H groups in total. The van der Waals surface area contributed by atoms with E-state index in [1.165, 1.54) is 35.3 Å². The van der Waals surface area contributed by atoms with Crippen LogP contribution in [0.5, 0.6) is 0 Å². The van der Waals surface area contributed by atoms with Gasteiger partial charge in [-0.05, 0) is 41.3 Å². The van der Waals surface area contributed by atoms with Crippen molar-refractivity contribution in [3.05, 3.63) is 89.3 Å². The number of hydrogen-bond donors (Lipinski definition) is 1. The summed E-state index contributed by atoms with van der Waals surface area (Å²) in [4.78, 5) is 30.4. The van der Waals surface area contributed by atoms with Crippen molar-refractivity contribution in [3.8, 4) is 16.4 Å². The van der Waals surface area contributed by atoms with Crippen LogP contribution in [-0.2, 0) is 9.53 Å². The molecule has 4 rings (SSSR count). The van der Waals surface area contributed by atoms with Crippen LogP contribution in [-0.4, -0.2) is 33.8 Å². The number of hydrogen-bond acceptors (Lipinski definition) is 6. The number of amides is 1. The Morgan fingerprint density at radius 1 is 1.06 bits per heavy atom. The van der Waals surface area contributed by atoms with Crippen molar-refractivity contribution in [2.45, 2.75) is 6.04 Å². The second kappa shape index (κ2) is 8.88. The number of ether oxygens (including phenoxy) is 1. The van der Waals surface area contributed by atoms with Gasteiger partial charge in [0.25, 0.3) is 5.91 Å². The molecule has 0 spiro atoms. The van der Waals surface area contributed by atoms with Gasteiger partial charge in [-0.25, -0.2) is 18.9 Å². The minimum Gasteiger partial charge on any atom is -0.467 e. The van der Waals surface area contributed by atoms with Crippen molar-refractivity contribution in [2.75, 3.05) is 7.11 Å². The summed E-state index contributed by atoms with van der Waals surface area (Å²) in [7, 11) is 1.25. The average molecular weight is 436 g/mol. The van der Waals surface area contributed by atoms with Gasteiger partial charge in [-0.1, -0.05) is 36.4 Å². The number of carbonyl (C=O) groups excluding carboxylic acids is 2. The predicted octanol–water partition coefficient (Wildman–Crippen LogP) is 3.78. The van der Waals surface area contributed by atoms with Crippen LogP contribution in [0.15, 0.2) is 72.1 Å². The smallest absolute Gasteiger partial charge is 0.333 e. The van der Waals surface area contributed by atoms with E-state index in [0.29, 0.717) is 17.1 Å². The molecule has 4 aromatic rings. The number of halogens is 1. The van der Waals surface area contributed by atoms with Crippen molar-refractivity contribution < 1.29 is 18.7 Å². The number of rotatable bonds is 6. The lowest BCUT2D eigenvalue weighted by atomic mass is 10.1. The first-order valence-corrected chi connectivity index (χ1v) is 10.2. The summed E-state index contributed by atoms with van der Waals surface area (Å²) in [5, 5.41) is 8.84. The SMILES string of the molecule is COC(=O)C(NC(=O)c1nc(-c2cccs2)n(-c2ccc(F)cc2)n1)c1ccccc1. The van der Waals surface area contributed by atoms with Gasteiger partial charge in [-0.15, -0.1) is 16.4 Å². The van der Waals surface area contributed by atoms with Gasteiger partial charge >= 0.3 is 5.97 Å². The normalized spacial score (nSPS) is 11.7. The molecule has 2 aromatic carbocycles. The van der Waals surface area contributed by atoms with E-state index in [1.807, 2.05) is 17.5 Å². The number of nitrogens with one attached hydrogen (secondary N) is 1. The van der Waals surface area contributed by atoms with Gasteiger partial charge in [0.2, 0.25) is 5.82 Å². The van der Waals surface area contributed by atoms with Crippen molar-refractivity contribution in [2.24, 2.45) is 0 Å². The summed E-state index contributed by atoms with van der Waals surface area (Å²) in [5.74, 6) is -1.34. The number of thiophene rings is 1. The molecule has 0 aliphatic heterocycles. The van der Waals surface area contributed by atoms with Gasteiger partial charge in [0.05, 0.1) is 17.7 Å². The molecule has 1 atom stereocenters. The molecule has 0 fully saturated rings. The zero-order valence-electron chi connectivity index (χ0n) is 16.4. The first-order valence-electron chi connectivity index (χ1n) is 9.27. The molecule has 9 heteroatoms. The minimum atomic E-state index is -1.01. The van der Waals surface area contributed by atoms with E-state index in [2.05, 4.69) is 15.4 Å². The molecule has 0 bridgehead atoms. The molecule has 2 aromatic heterocycles. The Morgan fingerprint density at radius 2 is 1.81 bits per heavy atom. The van der Waals surface area contributed by atoms with E-state index in [0.717, 1.165) is 4.88 Å². The Hall–Kier alpha value is -3.85. The number of esters is 1. The van der Waals surface area contributed by atoms with Gasteiger partial charge in [0.15, 0.2) is 11.9 Å². The molecule has 0 saturated carbocycles. The highest BCUT2D eigenvalue weighted by Gasteiger charge is 2.27. The summed E-state index contributed by atoms with van der Waals surface area (Å²) in [6, 6.07) is 17.1. The van der Waals surface area contributed by atoms with Crippen LogP contribution in [0.25, 0.3) is 16.4 Å². The van der Waals surface area contributed by atoms with E-state index in [1.54, 1.807) is 42.5 Å². The van der Waals surface area contributed by atoms with Gasteiger partial charge in [-0.3, -0.25) is 4.79 Å². The molecular weight excluding hydrogens is 419 g/mol. The van der Waals surface area contributed by atoms with Gasteiger partial charge < -0.3 is 10.1 Å². The van der Waals surface area contributed by atoms with Crippen LogP contribution in [0.1, 0.15) is 22.2 Å². The Labute approximate surface area is 181 Å². The first kappa shape index (κ1) is 20.4. The van der Waals surface area contributed by atoms with Crippen LogP contribution in [0, 0.1) is 5.82 Å². The van der Waals surface area contributed by atoms with Crippen LogP contribution in [0.3, 0.4) is 0 Å². The maximum absolute atomic E-state index is 13.4. The van der Waals surface area contributed by atoms with E-state index >= 15 is 0 Å². The zero-order chi connectivity index (χ0) is 21.8. The van der Waals surface area contributed by atoms with Crippen LogP contribution >= 0.6 is 11.3 Å². The molecule has 2 heterocycles. The van der Waals surface area contributed by atoms with E-state index in [9.17, 15) is 14.0 Å². The Kier molecular flexibility index (Phi) is 5.85. The minimum absolute atomic E-state index is 0.127. The lowest BCUT2D eigenvalue weighted by molar-refractivity contribution is -0.143. The quantitative estimate of drug-likeness (QED) is 0.465. The summed E-state index contributed by atoms with van der Waals surface area (Å²) in [6.45, 7) is 0. The topological polar surface area (TPSA) is 86.1 Å².